The Labute approximate surface area is 115 Å². The van der Waals surface area contributed by atoms with E-state index in [1.807, 2.05) is 0 Å². The molecule has 0 aromatic heterocycles. The molecular weight excluding hydrogens is 270 g/mol. The number of benzene rings is 1. The number of carbonyl (C=O) groups is 2. The van der Waals surface area contributed by atoms with Gasteiger partial charge in [-0.25, -0.2) is 4.79 Å². The number of nitrogens with one attached hydrogen (secondary N) is 1. The molecule has 1 aliphatic rings. The molecule has 1 fully saturated rings. The number of amides is 1. The van der Waals surface area contributed by atoms with Crippen LogP contribution in [0.15, 0.2) is 18.2 Å². The Balaban J connectivity index is 2.07. The second kappa shape index (κ2) is 6.04. The summed E-state index contributed by atoms with van der Waals surface area (Å²) >= 11 is 5.82. The number of anilines is 1. The van der Waals surface area contributed by atoms with E-state index < -0.39 is 5.97 Å². The summed E-state index contributed by atoms with van der Waals surface area (Å²) in [4.78, 5) is 22.9. The van der Waals surface area contributed by atoms with Crippen LogP contribution in [0.2, 0.25) is 5.02 Å². The van der Waals surface area contributed by atoms with E-state index in [0.717, 1.165) is 12.8 Å². The van der Waals surface area contributed by atoms with Crippen molar-refractivity contribution in [3.63, 3.8) is 0 Å². The highest BCUT2D eigenvalue weighted by molar-refractivity contribution is 6.34. The summed E-state index contributed by atoms with van der Waals surface area (Å²) in [5, 5.41) is 11.8. The minimum atomic E-state index is -1.17. The summed E-state index contributed by atoms with van der Waals surface area (Å²) in [5.41, 5.74) is 0.118. The Morgan fingerprint density at radius 3 is 2.89 bits per heavy atom. The molecule has 2 N–H and O–H groups in total. The topological polar surface area (TPSA) is 75.6 Å². The van der Waals surface area contributed by atoms with E-state index in [0.29, 0.717) is 6.61 Å². The number of halogens is 1. The van der Waals surface area contributed by atoms with Crippen molar-refractivity contribution in [2.75, 3.05) is 11.9 Å². The van der Waals surface area contributed by atoms with Gasteiger partial charge in [0.25, 0.3) is 0 Å². The molecule has 2 rings (SSSR count). The van der Waals surface area contributed by atoms with Crippen molar-refractivity contribution in [2.45, 2.75) is 25.4 Å². The first kappa shape index (κ1) is 13.8. The molecule has 1 atom stereocenters. The first-order chi connectivity index (χ1) is 9.08. The minimum absolute atomic E-state index is 0.0764. The summed E-state index contributed by atoms with van der Waals surface area (Å²) in [6, 6.07) is 4.58. The second-order valence-electron chi connectivity index (χ2n) is 4.35. The van der Waals surface area contributed by atoms with E-state index >= 15 is 0 Å². The third-order valence-electron chi connectivity index (χ3n) is 2.94. The molecule has 5 nitrogen and oxygen atoms in total. The first-order valence-electron chi connectivity index (χ1n) is 6.01. The van der Waals surface area contributed by atoms with Gasteiger partial charge in [0.1, 0.15) is 5.56 Å². The molecule has 0 radical (unpaired) electrons. The van der Waals surface area contributed by atoms with E-state index in [1.54, 1.807) is 6.07 Å². The fourth-order valence-corrected chi connectivity index (χ4v) is 2.31. The van der Waals surface area contributed by atoms with Crippen molar-refractivity contribution >= 4 is 29.2 Å². The lowest BCUT2D eigenvalue weighted by Gasteiger charge is -2.12. The van der Waals surface area contributed by atoms with Crippen LogP contribution in [0, 0.1) is 0 Å². The maximum Gasteiger partial charge on any atom is 0.339 e. The lowest BCUT2D eigenvalue weighted by Crippen LogP contribution is -2.20. The van der Waals surface area contributed by atoms with Crippen LogP contribution in [0.3, 0.4) is 0 Å². The van der Waals surface area contributed by atoms with Gasteiger partial charge in [-0.15, -0.1) is 0 Å². The van der Waals surface area contributed by atoms with Gasteiger partial charge in [0.05, 0.1) is 23.2 Å². The molecule has 1 aromatic carbocycles. The van der Waals surface area contributed by atoms with Crippen LogP contribution in [0.25, 0.3) is 0 Å². The summed E-state index contributed by atoms with van der Waals surface area (Å²) < 4.78 is 5.36. The Morgan fingerprint density at radius 2 is 2.26 bits per heavy atom. The van der Waals surface area contributed by atoms with Crippen molar-refractivity contribution in [3.05, 3.63) is 28.8 Å². The lowest BCUT2D eigenvalue weighted by molar-refractivity contribution is -0.118. The number of carbonyl (C=O) groups excluding carboxylic acids is 1. The van der Waals surface area contributed by atoms with Crippen molar-refractivity contribution < 1.29 is 19.4 Å². The maximum atomic E-state index is 11.8. The third kappa shape index (κ3) is 3.45. The van der Waals surface area contributed by atoms with Gasteiger partial charge in [-0.1, -0.05) is 17.7 Å². The van der Waals surface area contributed by atoms with Crippen LogP contribution in [-0.2, 0) is 9.53 Å². The number of aromatic carboxylic acids is 1. The smallest absolute Gasteiger partial charge is 0.339 e. The predicted octanol–water partition coefficient (Wildman–Crippen LogP) is 2.55. The molecule has 6 heteroatoms. The largest absolute Gasteiger partial charge is 0.478 e. The SMILES string of the molecule is O=C(CC1CCCO1)Nc1cccc(Cl)c1C(=O)O. The normalized spacial score (nSPS) is 18.3. The van der Waals surface area contributed by atoms with Crippen LogP contribution >= 0.6 is 11.6 Å². The lowest BCUT2D eigenvalue weighted by atomic mass is 10.1. The fraction of sp³-hybridized carbons (Fsp3) is 0.385. The number of hydrogen-bond donors (Lipinski definition) is 2. The Hall–Kier alpha value is -1.59. The Bertz CT molecular complexity index is 497. The standard InChI is InChI=1S/C13H14ClNO4/c14-9-4-1-5-10(12(9)13(17)18)15-11(16)7-8-3-2-6-19-8/h1,4-5,8H,2-3,6-7H2,(H,15,16)(H,17,18). The molecular formula is C13H14ClNO4. The van der Waals surface area contributed by atoms with Crippen molar-refractivity contribution in [3.8, 4) is 0 Å². The van der Waals surface area contributed by atoms with Crippen molar-refractivity contribution in [1.29, 1.82) is 0 Å². The first-order valence-corrected chi connectivity index (χ1v) is 6.39. The number of ether oxygens (including phenoxy) is 1. The van der Waals surface area contributed by atoms with Gasteiger partial charge >= 0.3 is 5.97 Å². The third-order valence-corrected chi connectivity index (χ3v) is 3.25. The monoisotopic (exact) mass is 283 g/mol. The molecule has 1 unspecified atom stereocenters. The second-order valence-corrected chi connectivity index (χ2v) is 4.76. The number of carboxylic acid groups (broad SMARTS) is 1. The van der Waals surface area contributed by atoms with Gasteiger partial charge in [-0.05, 0) is 25.0 Å². The average molecular weight is 284 g/mol. The van der Waals surface area contributed by atoms with Gasteiger partial charge in [0.15, 0.2) is 0 Å². The van der Waals surface area contributed by atoms with Crippen LogP contribution in [0.4, 0.5) is 5.69 Å². The highest BCUT2D eigenvalue weighted by atomic mass is 35.5. The van der Waals surface area contributed by atoms with E-state index in [9.17, 15) is 9.59 Å². The predicted molar refractivity (Wildman–Crippen MR) is 70.6 cm³/mol. The summed E-state index contributed by atoms with van der Waals surface area (Å²) in [6.07, 6.45) is 1.96. The maximum absolute atomic E-state index is 11.8. The molecule has 0 bridgehead atoms. The number of rotatable bonds is 4. The molecule has 1 amide bonds. The zero-order chi connectivity index (χ0) is 13.8. The molecule has 102 valence electrons. The highest BCUT2D eigenvalue weighted by Crippen LogP contribution is 2.25. The molecule has 0 aliphatic carbocycles. The van der Waals surface area contributed by atoms with Gasteiger partial charge in [0, 0.05) is 6.61 Å². The summed E-state index contributed by atoms with van der Waals surface area (Å²) in [5.74, 6) is -1.44. The molecule has 1 heterocycles. The summed E-state index contributed by atoms with van der Waals surface area (Å²) in [7, 11) is 0. The Morgan fingerprint density at radius 1 is 1.47 bits per heavy atom. The minimum Gasteiger partial charge on any atom is -0.478 e. The van der Waals surface area contributed by atoms with E-state index in [-0.39, 0.29) is 34.7 Å². The van der Waals surface area contributed by atoms with Crippen LogP contribution in [0.5, 0.6) is 0 Å². The Kier molecular flexibility index (Phi) is 4.39. The zero-order valence-electron chi connectivity index (χ0n) is 10.2. The van der Waals surface area contributed by atoms with E-state index in [4.69, 9.17) is 21.4 Å². The number of carboxylic acids is 1. The quantitative estimate of drug-likeness (QED) is 0.890. The molecule has 19 heavy (non-hydrogen) atoms. The van der Waals surface area contributed by atoms with E-state index in [2.05, 4.69) is 5.32 Å². The molecule has 0 spiro atoms. The zero-order valence-corrected chi connectivity index (χ0v) is 10.9. The van der Waals surface area contributed by atoms with Crippen LogP contribution in [0.1, 0.15) is 29.6 Å². The van der Waals surface area contributed by atoms with Crippen LogP contribution < -0.4 is 5.32 Å². The molecule has 1 aromatic rings. The summed E-state index contributed by atoms with van der Waals surface area (Å²) in [6.45, 7) is 0.676. The van der Waals surface area contributed by atoms with Gasteiger partial charge in [-0.2, -0.15) is 0 Å². The molecule has 1 aliphatic heterocycles. The van der Waals surface area contributed by atoms with E-state index in [1.165, 1.54) is 12.1 Å². The molecule has 1 saturated heterocycles. The van der Waals surface area contributed by atoms with Gasteiger partial charge in [0.2, 0.25) is 5.91 Å². The van der Waals surface area contributed by atoms with Crippen molar-refractivity contribution in [2.24, 2.45) is 0 Å². The number of hydrogen-bond acceptors (Lipinski definition) is 3. The van der Waals surface area contributed by atoms with Gasteiger partial charge in [-0.3, -0.25) is 4.79 Å². The van der Waals surface area contributed by atoms with Crippen molar-refractivity contribution in [1.82, 2.24) is 0 Å². The fourth-order valence-electron chi connectivity index (χ4n) is 2.06. The average Bonchev–Trinajstić information content (AvgIpc) is 2.81. The highest BCUT2D eigenvalue weighted by Gasteiger charge is 2.21. The molecule has 0 saturated carbocycles. The van der Waals surface area contributed by atoms with Gasteiger partial charge < -0.3 is 15.2 Å². The van der Waals surface area contributed by atoms with Crippen LogP contribution in [-0.4, -0.2) is 29.7 Å².